The van der Waals surface area contributed by atoms with Crippen LogP contribution >= 0.6 is 11.3 Å². The maximum Gasteiger partial charge on any atom is 0.416 e. The van der Waals surface area contributed by atoms with Crippen LogP contribution in [0.5, 0.6) is 0 Å². The Hall–Kier alpha value is -3.40. The number of esters is 1. The summed E-state index contributed by atoms with van der Waals surface area (Å²) in [5.74, 6) is -0.319. The molecule has 184 valence electrons. The van der Waals surface area contributed by atoms with Gasteiger partial charge in [-0.2, -0.15) is 13.2 Å². The fourth-order valence-electron chi connectivity index (χ4n) is 4.21. The Morgan fingerprint density at radius 3 is 2.31 bits per heavy atom. The van der Waals surface area contributed by atoms with Crippen LogP contribution in [0.25, 0.3) is 10.4 Å². The summed E-state index contributed by atoms with van der Waals surface area (Å²) in [7, 11) is 0. The summed E-state index contributed by atoms with van der Waals surface area (Å²) in [6.07, 6.45) is -1.03. The first-order valence-electron chi connectivity index (χ1n) is 11.1. The van der Waals surface area contributed by atoms with Crippen molar-refractivity contribution in [2.75, 3.05) is 10.6 Å². The van der Waals surface area contributed by atoms with Crippen LogP contribution in [0, 0.1) is 6.92 Å². The highest BCUT2D eigenvalue weighted by atomic mass is 32.1. The molecule has 10 heteroatoms. The molecule has 1 fully saturated rings. The summed E-state index contributed by atoms with van der Waals surface area (Å²) in [5.41, 5.74) is 0.732. The van der Waals surface area contributed by atoms with Gasteiger partial charge in [0, 0.05) is 18.3 Å². The van der Waals surface area contributed by atoms with E-state index in [2.05, 4.69) is 10.6 Å². The zero-order chi connectivity index (χ0) is 25.2. The second-order valence-electron chi connectivity index (χ2n) is 8.46. The lowest BCUT2D eigenvalue weighted by atomic mass is 10.0. The Kier molecular flexibility index (Phi) is 6.84. The number of rotatable bonds is 5. The second-order valence-corrected chi connectivity index (χ2v) is 9.46. The number of hydrogen-bond acceptors (Lipinski definition) is 5. The van der Waals surface area contributed by atoms with Crippen molar-refractivity contribution < 1.29 is 27.5 Å². The number of urea groups is 1. The molecule has 0 saturated heterocycles. The number of thiazole rings is 1. The number of ether oxygens (including phenoxy) is 1. The van der Waals surface area contributed by atoms with E-state index < -0.39 is 23.4 Å². The van der Waals surface area contributed by atoms with Gasteiger partial charge in [-0.1, -0.05) is 18.2 Å². The number of amides is 2. The van der Waals surface area contributed by atoms with Crippen molar-refractivity contribution >= 4 is 34.7 Å². The quantitative estimate of drug-likeness (QED) is 0.364. The van der Waals surface area contributed by atoms with Gasteiger partial charge in [-0.05, 0) is 68.5 Å². The van der Waals surface area contributed by atoms with E-state index in [1.54, 1.807) is 12.1 Å². The second kappa shape index (κ2) is 9.69. The molecule has 35 heavy (non-hydrogen) atoms. The molecule has 6 nitrogen and oxygen atoms in total. The van der Waals surface area contributed by atoms with Gasteiger partial charge in [0.1, 0.15) is 5.01 Å². The third kappa shape index (κ3) is 5.64. The van der Waals surface area contributed by atoms with E-state index >= 15 is 0 Å². The van der Waals surface area contributed by atoms with Crippen molar-refractivity contribution in [1.82, 2.24) is 4.98 Å². The monoisotopic (exact) mass is 503 g/mol. The SMILES string of the molecule is CC(=O)OC1(c2nc(C)c(-c3ccc(NC(=O)Nc4cccc(C(F)(F)F)c4)cc3)s2)CCCC1. The smallest absolute Gasteiger partial charge is 0.416 e. The fourth-order valence-corrected chi connectivity index (χ4v) is 5.47. The lowest BCUT2D eigenvalue weighted by Crippen LogP contribution is -2.28. The number of halogens is 3. The minimum atomic E-state index is -4.49. The molecule has 0 unspecified atom stereocenters. The highest BCUT2D eigenvalue weighted by Gasteiger charge is 2.42. The summed E-state index contributed by atoms with van der Waals surface area (Å²) in [5, 5.41) is 5.82. The molecule has 0 bridgehead atoms. The number of nitrogens with zero attached hydrogens (tertiary/aromatic N) is 1. The molecule has 1 heterocycles. The Bertz CT molecular complexity index is 1230. The van der Waals surface area contributed by atoms with Crippen molar-refractivity contribution in [3.63, 3.8) is 0 Å². The molecule has 1 aliphatic rings. The fraction of sp³-hybridized carbons (Fsp3) is 0.320. The zero-order valence-corrected chi connectivity index (χ0v) is 20.0. The van der Waals surface area contributed by atoms with E-state index in [0.717, 1.165) is 59.0 Å². The summed E-state index contributed by atoms with van der Waals surface area (Å²) in [6, 6.07) is 10.8. The topological polar surface area (TPSA) is 80.3 Å². The van der Waals surface area contributed by atoms with E-state index in [0.29, 0.717) is 5.69 Å². The van der Waals surface area contributed by atoms with Gasteiger partial charge < -0.3 is 15.4 Å². The third-order valence-corrected chi connectivity index (χ3v) is 7.18. The molecule has 1 aromatic heterocycles. The highest BCUT2D eigenvalue weighted by Crippen LogP contribution is 2.46. The average Bonchev–Trinajstić information content (AvgIpc) is 3.41. The number of aromatic nitrogens is 1. The number of carbonyl (C=O) groups is 2. The van der Waals surface area contributed by atoms with Crippen LogP contribution in [-0.2, 0) is 21.3 Å². The van der Waals surface area contributed by atoms with E-state index in [-0.39, 0.29) is 11.7 Å². The molecule has 1 saturated carbocycles. The van der Waals surface area contributed by atoms with Gasteiger partial charge in [0.2, 0.25) is 0 Å². The van der Waals surface area contributed by atoms with Crippen molar-refractivity contribution in [2.45, 2.75) is 51.3 Å². The molecule has 0 radical (unpaired) electrons. The standard InChI is InChI=1S/C25H24F3N3O3S/c1-15-21(35-22(29-15)24(34-16(2)32)12-3-4-13-24)17-8-10-19(11-9-17)30-23(33)31-20-7-5-6-18(14-20)25(26,27)28/h5-11,14H,3-4,12-13H2,1-2H3,(H2,30,31,33). The average molecular weight is 504 g/mol. The largest absolute Gasteiger partial charge is 0.452 e. The number of nitrogens with one attached hydrogen (secondary N) is 2. The maximum atomic E-state index is 12.9. The Balaban J connectivity index is 1.46. The Labute approximate surface area is 204 Å². The van der Waals surface area contributed by atoms with Crippen LogP contribution < -0.4 is 10.6 Å². The molecule has 0 aliphatic heterocycles. The van der Waals surface area contributed by atoms with Crippen LogP contribution in [0.4, 0.5) is 29.3 Å². The van der Waals surface area contributed by atoms with Crippen LogP contribution in [0.3, 0.4) is 0 Å². The molecule has 1 aliphatic carbocycles. The van der Waals surface area contributed by atoms with Crippen molar-refractivity contribution in [3.05, 3.63) is 64.8 Å². The van der Waals surface area contributed by atoms with Gasteiger partial charge in [0.15, 0.2) is 5.60 Å². The number of aryl methyl sites for hydroxylation is 1. The number of benzene rings is 2. The van der Waals surface area contributed by atoms with Crippen molar-refractivity contribution in [1.29, 1.82) is 0 Å². The first kappa shape index (κ1) is 24.7. The lowest BCUT2D eigenvalue weighted by molar-refractivity contribution is -0.157. The Morgan fingerprint density at radius 1 is 1.03 bits per heavy atom. The molecule has 3 aromatic rings. The Morgan fingerprint density at radius 2 is 1.69 bits per heavy atom. The van der Waals surface area contributed by atoms with E-state index in [9.17, 15) is 22.8 Å². The van der Waals surface area contributed by atoms with E-state index in [1.165, 1.54) is 30.4 Å². The number of anilines is 2. The normalized spacial score (nSPS) is 15.0. The van der Waals surface area contributed by atoms with Crippen LogP contribution in [0.2, 0.25) is 0 Å². The van der Waals surface area contributed by atoms with Gasteiger partial charge in [0.25, 0.3) is 0 Å². The molecule has 2 aromatic carbocycles. The molecule has 4 rings (SSSR count). The summed E-state index contributed by atoms with van der Waals surface area (Å²) in [6.45, 7) is 3.32. The lowest BCUT2D eigenvalue weighted by Gasteiger charge is -2.26. The van der Waals surface area contributed by atoms with E-state index in [1.807, 2.05) is 19.1 Å². The molecule has 2 amide bonds. The van der Waals surface area contributed by atoms with Gasteiger partial charge in [-0.25, -0.2) is 9.78 Å². The maximum absolute atomic E-state index is 12.9. The summed E-state index contributed by atoms with van der Waals surface area (Å²) in [4.78, 5) is 29.6. The van der Waals surface area contributed by atoms with Gasteiger partial charge >= 0.3 is 18.2 Å². The predicted octanol–water partition coefficient (Wildman–Crippen LogP) is 7.11. The minimum Gasteiger partial charge on any atom is -0.452 e. The third-order valence-electron chi connectivity index (χ3n) is 5.79. The number of hydrogen-bond donors (Lipinski definition) is 2. The van der Waals surface area contributed by atoms with Crippen molar-refractivity contribution in [3.8, 4) is 10.4 Å². The van der Waals surface area contributed by atoms with Crippen LogP contribution in [-0.4, -0.2) is 17.0 Å². The first-order chi connectivity index (χ1) is 16.6. The molecule has 2 N–H and O–H groups in total. The zero-order valence-electron chi connectivity index (χ0n) is 19.2. The number of alkyl halides is 3. The highest BCUT2D eigenvalue weighted by molar-refractivity contribution is 7.15. The van der Waals surface area contributed by atoms with Gasteiger partial charge in [0.05, 0.1) is 16.1 Å². The first-order valence-corrected chi connectivity index (χ1v) is 11.9. The van der Waals surface area contributed by atoms with Crippen molar-refractivity contribution in [2.24, 2.45) is 0 Å². The van der Waals surface area contributed by atoms with Crippen LogP contribution in [0.15, 0.2) is 48.5 Å². The van der Waals surface area contributed by atoms with Gasteiger partial charge in [-0.3, -0.25) is 4.79 Å². The molecular weight excluding hydrogens is 479 g/mol. The minimum absolute atomic E-state index is 0.0374. The van der Waals surface area contributed by atoms with Gasteiger partial charge in [-0.15, -0.1) is 11.3 Å². The van der Waals surface area contributed by atoms with E-state index in [4.69, 9.17) is 9.72 Å². The number of carbonyl (C=O) groups excluding carboxylic acids is 2. The predicted molar refractivity (Wildman–Crippen MR) is 128 cm³/mol. The molecule has 0 spiro atoms. The molecular formula is C25H24F3N3O3S. The molecule has 0 atom stereocenters. The summed E-state index contributed by atoms with van der Waals surface area (Å²) >= 11 is 1.50. The van der Waals surface area contributed by atoms with Crippen LogP contribution in [0.1, 0.15) is 48.9 Å². The summed E-state index contributed by atoms with van der Waals surface area (Å²) < 4.78 is 44.3.